The van der Waals surface area contributed by atoms with Crippen molar-refractivity contribution in [3.05, 3.63) is 117 Å². The third kappa shape index (κ3) is 9.61. The fourth-order valence-electron chi connectivity index (χ4n) is 6.82. The standard InChI is InChI=1S/C39H41F4N5O5S2/c1-2-53-29-15-13-28(14-16-29)48-37(45-33-10-4-3-9-30(33)38(48)50)34(18-19-44-55(51,52)36-11-7-24-54-36)47(23-8-22-46-20-5-6-21-46)35(49)26-27-12-17-31(32(40)25-27)39(41,42)43/h3-4,7,9-17,24-25,34,44H,2,5-6,8,18-23,26H2,1H3. The van der Waals surface area contributed by atoms with Crippen LogP contribution in [0.5, 0.6) is 5.75 Å². The lowest BCUT2D eigenvalue weighted by atomic mass is 10.0. The number of hydrogen-bond donors (Lipinski definition) is 1. The zero-order chi connectivity index (χ0) is 39.2. The first-order chi connectivity index (χ1) is 26.4. The number of benzene rings is 3. The summed E-state index contributed by atoms with van der Waals surface area (Å²) in [5, 5.41) is 1.95. The lowest BCUT2D eigenvalue weighted by molar-refractivity contribution is -0.140. The normalized spacial score (nSPS) is 14.3. The molecule has 1 amide bonds. The molecule has 0 radical (unpaired) electrons. The van der Waals surface area contributed by atoms with Crippen LogP contribution in [-0.2, 0) is 27.4 Å². The molecule has 3 heterocycles. The maximum absolute atomic E-state index is 14.7. The molecule has 1 aliphatic heterocycles. The Hall–Kier alpha value is -4.64. The van der Waals surface area contributed by atoms with E-state index >= 15 is 0 Å². The van der Waals surface area contributed by atoms with E-state index in [0.717, 1.165) is 43.3 Å². The van der Waals surface area contributed by atoms with Crippen molar-refractivity contribution in [3.8, 4) is 11.4 Å². The Kier molecular flexibility index (Phi) is 12.7. The highest BCUT2D eigenvalue weighted by atomic mass is 32.2. The van der Waals surface area contributed by atoms with E-state index in [4.69, 9.17) is 9.72 Å². The summed E-state index contributed by atoms with van der Waals surface area (Å²) in [4.78, 5) is 37.6. The quantitative estimate of drug-likeness (QED) is 0.107. The topological polar surface area (TPSA) is 114 Å². The van der Waals surface area contributed by atoms with Crippen LogP contribution < -0.4 is 15.0 Å². The van der Waals surface area contributed by atoms with Gasteiger partial charge in [0.25, 0.3) is 5.56 Å². The van der Waals surface area contributed by atoms with Crippen LogP contribution in [0.3, 0.4) is 0 Å². The first-order valence-electron chi connectivity index (χ1n) is 18.0. The van der Waals surface area contributed by atoms with E-state index in [2.05, 4.69) is 9.62 Å². The van der Waals surface area contributed by atoms with Gasteiger partial charge in [0.1, 0.15) is 21.6 Å². The Balaban J connectivity index is 1.46. The molecular formula is C39H41F4N5O5S2. The molecule has 55 heavy (non-hydrogen) atoms. The Morgan fingerprint density at radius 3 is 2.45 bits per heavy atom. The molecule has 6 rings (SSSR count). The highest BCUT2D eigenvalue weighted by Gasteiger charge is 2.35. The SMILES string of the molecule is CCOc1ccc(-n2c(C(CCNS(=O)(=O)c3cccs3)N(CCCN3CCCC3)C(=O)Cc3ccc(C(F)(F)F)c(F)c3)nc3ccccc3c2=O)cc1. The largest absolute Gasteiger partial charge is 0.494 e. The molecular weight excluding hydrogens is 759 g/mol. The minimum Gasteiger partial charge on any atom is -0.494 e. The van der Waals surface area contributed by atoms with Crippen LogP contribution >= 0.6 is 11.3 Å². The van der Waals surface area contributed by atoms with Crippen molar-refractivity contribution in [1.29, 1.82) is 0 Å². The number of fused-ring (bicyclic) bond motifs is 1. The predicted molar refractivity (Wildman–Crippen MR) is 202 cm³/mol. The number of rotatable bonds is 16. The highest BCUT2D eigenvalue weighted by molar-refractivity contribution is 7.91. The third-order valence-corrected chi connectivity index (χ3v) is 12.3. The molecule has 292 valence electrons. The number of thiophene rings is 1. The van der Waals surface area contributed by atoms with Gasteiger partial charge in [0, 0.05) is 13.1 Å². The molecule has 0 saturated carbocycles. The molecule has 0 spiro atoms. The van der Waals surface area contributed by atoms with Crippen LogP contribution in [0.1, 0.15) is 55.6 Å². The smallest absolute Gasteiger partial charge is 0.419 e. The predicted octanol–water partition coefficient (Wildman–Crippen LogP) is 6.97. The number of hydrogen-bond acceptors (Lipinski definition) is 8. The lowest BCUT2D eigenvalue weighted by Gasteiger charge is -2.34. The van der Waals surface area contributed by atoms with Crippen LogP contribution in [0, 0.1) is 5.82 Å². The highest BCUT2D eigenvalue weighted by Crippen LogP contribution is 2.33. The number of aromatic nitrogens is 2. The molecule has 3 aromatic carbocycles. The number of halogens is 4. The monoisotopic (exact) mass is 799 g/mol. The first-order valence-corrected chi connectivity index (χ1v) is 20.4. The lowest BCUT2D eigenvalue weighted by Crippen LogP contribution is -2.42. The molecule has 0 bridgehead atoms. The third-order valence-electron chi connectivity index (χ3n) is 9.44. The summed E-state index contributed by atoms with van der Waals surface area (Å²) in [5.41, 5.74) is -1.08. The summed E-state index contributed by atoms with van der Waals surface area (Å²) < 4.78 is 91.1. The van der Waals surface area contributed by atoms with E-state index in [9.17, 15) is 35.6 Å². The van der Waals surface area contributed by atoms with Crippen molar-refractivity contribution in [1.82, 2.24) is 24.1 Å². The van der Waals surface area contributed by atoms with E-state index in [-0.39, 0.29) is 35.1 Å². The number of sulfonamides is 1. The van der Waals surface area contributed by atoms with Crippen molar-refractivity contribution in [3.63, 3.8) is 0 Å². The summed E-state index contributed by atoms with van der Waals surface area (Å²) >= 11 is 1.04. The molecule has 1 atom stereocenters. The number of para-hydroxylation sites is 1. The molecule has 16 heteroatoms. The number of nitrogens with one attached hydrogen (secondary N) is 1. The van der Waals surface area contributed by atoms with Gasteiger partial charge in [-0.2, -0.15) is 13.2 Å². The minimum absolute atomic E-state index is 0.0209. The van der Waals surface area contributed by atoms with Gasteiger partial charge in [-0.25, -0.2) is 22.5 Å². The van der Waals surface area contributed by atoms with Crippen molar-refractivity contribution in [2.45, 2.75) is 55.5 Å². The fourth-order valence-corrected chi connectivity index (χ4v) is 8.91. The second kappa shape index (κ2) is 17.4. The van der Waals surface area contributed by atoms with Crippen molar-refractivity contribution < 1.29 is 35.5 Å². The Morgan fingerprint density at radius 2 is 1.78 bits per heavy atom. The molecule has 1 fully saturated rings. The molecule has 2 aromatic heterocycles. The number of likely N-dealkylation sites (tertiary alicyclic amines) is 1. The van der Waals surface area contributed by atoms with Crippen molar-refractivity contribution in [2.75, 3.05) is 39.3 Å². The van der Waals surface area contributed by atoms with Gasteiger partial charge >= 0.3 is 6.18 Å². The average molecular weight is 800 g/mol. The Labute approximate surface area is 320 Å². The van der Waals surface area contributed by atoms with Crippen LogP contribution in [0.2, 0.25) is 0 Å². The van der Waals surface area contributed by atoms with Crippen molar-refractivity contribution in [2.24, 2.45) is 0 Å². The zero-order valence-electron chi connectivity index (χ0n) is 30.1. The second-order valence-electron chi connectivity index (χ2n) is 13.2. The van der Waals surface area contributed by atoms with E-state index in [0.29, 0.717) is 54.0 Å². The van der Waals surface area contributed by atoms with E-state index in [1.165, 1.54) is 15.5 Å². The molecule has 1 N–H and O–H groups in total. The number of carbonyl (C=O) groups excluding carboxylic acids is 1. The summed E-state index contributed by atoms with van der Waals surface area (Å²) in [6, 6.07) is 18.0. The molecule has 1 saturated heterocycles. The van der Waals surface area contributed by atoms with Gasteiger partial charge < -0.3 is 14.5 Å². The summed E-state index contributed by atoms with van der Waals surface area (Å²) in [6.45, 7) is 4.67. The number of alkyl halides is 3. The minimum atomic E-state index is -4.91. The number of nitrogens with zero attached hydrogens (tertiary/aromatic N) is 4. The number of carbonyl (C=O) groups is 1. The van der Waals surface area contributed by atoms with Gasteiger partial charge in [0.2, 0.25) is 15.9 Å². The molecule has 1 aliphatic rings. The summed E-state index contributed by atoms with van der Waals surface area (Å²) in [7, 11) is -3.93. The van der Waals surface area contributed by atoms with Gasteiger partial charge in [-0.1, -0.05) is 24.3 Å². The fraction of sp³-hybridized carbons (Fsp3) is 0.359. The van der Waals surface area contributed by atoms with Gasteiger partial charge in [-0.3, -0.25) is 14.2 Å². The van der Waals surface area contributed by atoms with E-state index < -0.39 is 51.5 Å². The zero-order valence-corrected chi connectivity index (χ0v) is 31.7. The summed E-state index contributed by atoms with van der Waals surface area (Å²) in [5.74, 6) is -1.35. The van der Waals surface area contributed by atoms with Gasteiger partial charge in [0.15, 0.2) is 0 Å². The maximum Gasteiger partial charge on any atom is 0.419 e. The molecule has 10 nitrogen and oxygen atoms in total. The first kappa shape index (κ1) is 40.0. The van der Waals surface area contributed by atoms with Gasteiger partial charge in [-0.05, 0) is 118 Å². The van der Waals surface area contributed by atoms with Crippen LogP contribution in [0.25, 0.3) is 16.6 Å². The number of amides is 1. The second-order valence-corrected chi connectivity index (χ2v) is 16.1. The van der Waals surface area contributed by atoms with Gasteiger partial charge in [-0.15, -0.1) is 11.3 Å². The summed E-state index contributed by atoms with van der Waals surface area (Å²) in [6.07, 6.45) is -2.83. The van der Waals surface area contributed by atoms with Gasteiger partial charge in [0.05, 0.1) is 41.2 Å². The Morgan fingerprint density at radius 1 is 1.04 bits per heavy atom. The molecule has 0 aliphatic carbocycles. The van der Waals surface area contributed by atoms with Crippen LogP contribution in [-0.4, -0.2) is 73.0 Å². The maximum atomic E-state index is 14.7. The van der Waals surface area contributed by atoms with E-state index in [1.807, 2.05) is 6.92 Å². The van der Waals surface area contributed by atoms with Crippen LogP contribution in [0.4, 0.5) is 17.6 Å². The molecule has 1 unspecified atom stereocenters. The molecule has 5 aromatic rings. The average Bonchev–Trinajstić information content (AvgIpc) is 3.89. The number of ether oxygens (including phenoxy) is 1. The Bertz CT molecular complexity index is 2260. The van der Waals surface area contributed by atoms with E-state index in [1.54, 1.807) is 60.0 Å². The van der Waals surface area contributed by atoms with Crippen LogP contribution in [0.15, 0.2) is 93.2 Å². The van der Waals surface area contributed by atoms with Crippen molar-refractivity contribution >= 4 is 38.2 Å².